The monoisotopic (exact) mass is 822 g/mol. The van der Waals surface area contributed by atoms with Crippen LogP contribution in [0.1, 0.15) is 309 Å². The molecule has 3 unspecified atom stereocenters. The molecule has 0 aromatic heterocycles. The topological polar surface area (TPSA) is 89.8 Å². The van der Waals surface area contributed by atoms with E-state index in [0.29, 0.717) is 12.8 Å². The molecule has 0 aromatic carbocycles. The van der Waals surface area contributed by atoms with Crippen LogP contribution in [0.5, 0.6) is 0 Å². The summed E-state index contributed by atoms with van der Waals surface area (Å²) in [6.07, 6.45) is 58.5. The van der Waals surface area contributed by atoms with Gasteiger partial charge in [0.15, 0.2) is 0 Å². The van der Waals surface area contributed by atoms with Crippen molar-refractivity contribution >= 4 is 5.91 Å². The molecule has 0 rings (SSSR count). The summed E-state index contributed by atoms with van der Waals surface area (Å²) in [6.45, 7) is 4.28. The minimum absolute atomic E-state index is 0.307. The number of amides is 1. The molecule has 4 N–H and O–H groups in total. The first-order valence-electron chi connectivity index (χ1n) is 26.8. The van der Waals surface area contributed by atoms with Crippen molar-refractivity contribution in [2.24, 2.45) is 0 Å². The van der Waals surface area contributed by atoms with E-state index < -0.39 is 24.2 Å². The lowest BCUT2D eigenvalue weighted by atomic mass is 10.0. The molecular weight excluding hydrogens is 715 g/mol. The Morgan fingerprint density at radius 3 is 0.776 bits per heavy atom. The standard InChI is InChI=1S/C53H107NO4/c1-3-5-7-9-11-13-15-17-19-21-23-25-27-29-31-33-35-37-39-41-43-45-47-51(56)50(49-55)54-53(58)52(57)48-46-44-42-40-38-36-34-32-30-28-26-24-22-20-18-16-14-12-10-8-6-4-2/h50-52,55-57H,3-49H2,1-2H3,(H,54,58). The van der Waals surface area contributed by atoms with E-state index in [1.54, 1.807) is 0 Å². The minimum atomic E-state index is -1.07. The third kappa shape index (κ3) is 43.4. The van der Waals surface area contributed by atoms with Gasteiger partial charge in [-0.15, -0.1) is 0 Å². The van der Waals surface area contributed by atoms with E-state index in [9.17, 15) is 20.1 Å². The Labute approximate surface area is 364 Å². The van der Waals surface area contributed by atoms with Gasteiger partial charge in [0.05, 0.1) is 18.8 Å². The minimum Gasteiger partial charge on any atom is -0.394 e. The van der Waals surface area contributed by atoms with E-state index in [1.165, 1.54) is 250 Å². The smallest absolute Gasteiger partial charge is 0.249 e. The van der Waals surface area contributed by atoms with Gasteiger partial charge in [0, 0.05) is 0 Å². The summed E-state index contributed by atoms with van der Waals surface area (Å²) in [4.78, 5) is 12.6. The maximum atomic E-state index is 12.6. The van der Waals surface area contributed by atoms with E-state index in [0.717, 1.165) is 32.1 Å². The van der Waals surface area contributed by atoms with Gasteiger partial charge in [0.1, 0.15) is 6.10 Å². The van der Waals surface area contributed by atoms with Gasteiger partial charge in [-0.25, -0.2) is 0 Å². The molecule has 58 heavy (non-hydrogen) atoms. The highest BCUT2D eigenvalue weighted by Crippen LogP contribution is 2.18. The fourth-order valence-electron chi connectivity index (χ4n) is 8.78. The molecule has 5 nitrogen and oxygen atoms in total. The van der Waals surface area contributed by atoms with Gasteiger partial charge >= 0.3 is 0 Å². The zero-order valence-corrected chi connectivity index (χ0v) is 39.7. The average Bonchev–Trinajstić information content (AvgIpc) is 3.23. The van der Waals surface area contributed by atoms with Gasteiger partial charge in [-0.1, -0.05) is 296 Å². The second-order valence-corrected chi connectivity index (χ2v) is 18.8. The van der Waals surface area contributed by atoms with Crippen molar-refractivity contribution < 1.29 is 20.1 Å². The number of aliphatic hydroxyl groups is 3. The molecule has 0 spiro atoms. The van der Waals surface area contributed by atoms with E-state index in [4.69, 9.17) is 0 Å². The van der Waals surface area contributed by atoms with Crippen molar-refractivity contribution in [1.82, 2.24) is 5.32 Å². The third-order valence-corrected chi connectivity index (χ3v) is 13.0. The van der Waals surface area contributed by atoms with Crippen molar-refractivity contribution in [3.63, 3.8) is 0 Å². The van der Waals surface area contributed by atoms with Crippen molar-refractivity contribution in [2.45, 2.75) is 327 Å². The Bertz CT molecular complexity index is 777. The predicted molar refractivity (Wildman–Crippen MR) is 255 cm³/mol. The number of unbranched alkanes of at least 4 members (excludes halogenated alkanes) is 42. The fourth-order valence-corrected chi connectivity index (χ4v) is 8.78. The van der Waals surface area contributed by atoms with Crippen LogP contribution in [-0.2, 0) is 4.79 Å². The van der Waals surface area contributed by atoms with Gasteiger partial charge in [0.25, 0.3) is 0 Å². The summed E-state index contributed by atoms with van der Waals surface area (Å²) in [5.74, 6) is -0.462. The summed E-state index contributed by atoms with van der Waals surface area (Å²) < 4.78 is 0. The first-order valence-corrected chi connectivity index (χ1v) is 26.8. The summed E-state index contributed by atoms with van der Waals surface area (Å²) in [5, 5.41) is 33.5. The van der Waals surface area contributed by atoms with Crippen molar-refractivity contribution in [3.05, 3.63) is 0 Å². The zero-order chi connectivity index (χ0) is 42.3. The van der Waals surface area contributed by atoms with Crippen molar-refractivity contribution in [1.29, 1.82) is 0 Å². The van der Waals surface area contributed by atoms with Crippen LogP contribution in [0.25, 0.3) is 0 Å². The van der Waals surface area contributed by atoms with Crippen LogP contribution in [-0.4, -0.2) is 46.1 Å². The number of hydrogen-bond donors (Lipinski definition) is 4. The van der Waals surface area contributed by atoms with Crippen LogP contribution < -0.4 is 5.32 Å². The van der Waals surface area contributed by atoms with E-state index >= 15 is 0 Å². The quantitative estimate of drug-likeness (QED) is 0.0460. The molecule has 0 aliphatic rings. The van der Waals surface area contributed by atoms with Gasteiger partial charge < -0.3 is 20.6 Å². The van der Waals surface area contributed by atoms with Gasteiger partial charge in [-0.05, 0) is 12.8 Å². The third-order valence-electron chi connectivity index (χ3n) is 13.0. The summed E-state index contributed by atoms with van der Waals surface area (Å²) in [5.41, 5.74) is 0. The van der Waals surface area contributed by atoms with Crippen LogP contribution in [0.4, 0.5) is 0 Å². The number of carbonyl (C=O) groups is 1. The van der Waals surface area contributed by atoms with Gasteiger partial charge in [-0.2, -0.15) is 0 Å². The molecule has 0 saturated heterocycles. The maximum Gasteiger partial charge on any atom is 0.249 e. The Morgan fingerprint density at radius 2 is 0.552 bits per heavy atom. The lowest BCUT2D eigenvalue weighted by Gasteiger charge is -2.23. The van der Waals surface area contributed by atoms with Crippen molar-refractivity contribution in [2.75, 3.05) is 6.61 Å². The van der Waals surface area contributed by atoms with Crippen LogP contribution in [0.2, 0.25) is 0 Å². The molecule has 0 radical (unpaired) electrons. The molecule has 3 atom stereocenters. The van der Waals surface area contributed by atoms with Crippen LogP contribution in [0.15, 0.2) is 0 Å². The second kappa shape index (κ2) is 49.0. The summed E-state index contributed by atoms with van der Waals surface area (Å²) in [7, 11) is 0. The molecule has 0 aliphatic carbocycles. The Hall–Kier alpha value is -0.650. The second-order valence-electron chi connectivity index (χ2n) is 18.8. The normalized spacial score (nSPS) is 13.3. The largest absolute Gasteiger partial charge is 0.394 e. The van der Waals surface area contributed by atoms with Gasteiger partial charge in [0.2, 0.25) is 5.91 Å². The van der Waals surface area contributed by atoms with Gasteiger partial charge in [-0.3, -0.25) is 4.79 Å². The molecule has 1 amide bonds. The average molecular weight is 822 g/mol. The lowest BCUT2D eigenvalue weighted by molar-refractivity contribution is -0.131. The number of nitrogens with one attached hydrogen (secondary N) is 1. The number of carbonyl (C=O) groups excluding carboxylic acids is 1. The Kier molecular flexibility index (Phi) is 48.5. The highest BCUT2D eigenvalue weighted by Gasteiger charge is 2.23. The first kappa shape index (κ1) is 57.3. The summed E-state index contributed by atoms with van der Waals surface area (Å²) in [6, 6.07) is -0.707. The predicted octanol–water partition coefficient (Wildman–Crippen LogP) is 16.2. The summed E-state index contributed by atoms with van der Waals surface area (Å²) >= 11 is 0. The Morgan fingerprint density at radius 1 is 0.345 bits per heavy atom. The first-order chi connectivity index (χ1) is 28.6. The molecule has 0 bridgehead atoms. The van der Waals surface area contributed by atoms with E-state index in [-0.39, 0.29) is 6.61 Å². The molecule has 0 aliphatic heterocycles. The molecular formula is C53H107NO4. The highest BCUT2D eigenvalue weighted by molar-refractivity contribution is 5.80. The van der Waals surface area contributed by atoms with Crippen LogP contribution in [0.3, 0.4) is 0 Å². The molecule has 0 fully saturated rings. The number of rotatable bonds is 50. The lowest BCUT2D eigenvalue weighted by Crippen LogP contribution is -2.49. The van der Waals surface area contributed by atoms with E-state index in [1.807, 2.05) is 0 Å². The maximum absolute atomic E-state index is 12.6. The SMILES string of the molecule is CCCCCCCCCCCCCCCCCCCCCCCCC(O)C(=O)NC(CO)C(O)CCCCCCCCCCCCCCCCCCCCCCCC. The van der Waals surface area contributed by atoms with Crippen molar-refractivity contribution in [3.8, 4) is 0 Å². The zero-order valence-electron chi connectivity index (χ0n) is 39.7. The fraction of sp³-hybridized carbons (Fsp3) is 0.981. The molecule has 0 heterocycles. The molecule has 0 saturated carbocycles. The number of aliphatic hydroxyl groups excluding tert-OH is 3. The Balaban J connectivity index is 3.51. The molecule has 0 aromatic rings. The van der Waals surface area contributed by atoms with E-state index in [2.05, 4.69) is 19.2 Å². The highest BCUT2D eigenvalue weighted by atomic mass is 16.3. The van der Waals surface area contributed by atoms with Crippen LogP contribution in [0, 0.1) is 0 Å². The number of hydrogen-bond acceptors (Lipinski definition) is 4. The molecule has 5 heteroatoms. The molecule has 348 valence electrons. The van der Waals surface area contributed by atoms with Crippen LogP contribution >= 0.6 is 0 Å².